The predicted molar refractivity (Wildman–Crippen MR) is 73.3 cm³/mol. The molecule has 0 saturated heterocycles. The normalized spacial score (nSPS) is 12.2. The van der Waals surface area contributed by atoms with Crippen LogP contribution in [0.2, 0.25) is 0 Å². The molecular weight excluding hydrogens is 284 g/mol. The number of aromatic nitrogens is 2. The number of aliphatic hydroxyl groups is 1. The Morgan fingerprint density at radius 1 is 1.47 bits per heavy atom. The van der Waals surface area contributed by atoms with Crippen LogP contribution in [-0.4, -0.2) is 34.3 Å². The topological polar surface area (TPSA) is 70.1 Å². The molecule has 5 nitrogen and oxygen atoms in total. The molecule has 6 heteroatoms. The quantitative estimate of drug-likeness (QED) is 0.721. The minimum absolute atomic E-state index is 0.0141. The molecular formula is C11H19BrN4O. The van der Waals surface area contributed by atoms with Gasteiger partial charge in [-0.05, 0) is 28.8 Å². The summed E-state index contributed by atoms with van der Waals surface area (Å²) in [4.78, 5) is 8.52. The Hall–Kier alpha value is -0.880. The highest BCUT2D eigenvalue weighted by Crippen LogP contribution is 2.21. The molecule has 3 N–H and O–H groups in total. The maximum Gasteiger partial charge on any atom is 0.224 e. The molecule has 17 heavy (non-hydrogen) atoms. The Balaban J connectivity index is 2.75. The third-order valence-electron chi connectivity index (χ3n) is 2.33. The standard InChI is InChI=1S/C11H19BrN4O/c1-3-5-13-11-14-6-9(12)10(16-11)15-8(4-2)7-17/h6,8,17H,3-5,7H2,1-2H3,(H2,13,14,15,16). The third-order valence-corrected chi connectivity index (χ3v) is 2.91. The lowest BCUT2D eigenvalue weighted by atomic mass is 10.2. The molecule has 1 rings (SSSR count). The van der Waals surface area contributed by atoms with Crippen molar-refractivity contribution in [3.05, 3.63) is 10.7 Å². The predicted octanol–water partition coefficient (Wildman–Crippen LogP) is 2.24. The molecule has 0 aliphatic heterocycles. The Morgan fingerprint density at radius 3 is 2.82 bits per heavy atom. The van der Waals surface area contributed by atoms with Crippen LogP contribution in [0.5, 0.6) is 0 Å². The number of nitrogens with one attached hydrogen (secondary N) is 2. The summed E-state index contributed by atoms with van der Waals surface area (Å²) in [5, 5.41) is 15.5. The van der Waals surface area contributed by atoms with Crippen LogP contribution in [0.1, 0.15) is 26.7 Å². The second kappa shape index (κ2) is 7.45. The van der Waals surface area contributed by atoms with Gasteiger partial charge in [-0.2, -0.15) is 4.98 Å². The largest absolute Gasteiger partial charge is 0.394 e. The van der Waals surface area contributed by atoms with Gasteiger partial charge in [-0.15, -0.1) is 0 Å². The summed E-state index contributed by atoms with van der Waals surface area (Å²) in [5.74, 6) is 1.31. The molecule has 0 aliphatic carbocycles. The van der Waals surface area contributed by atoms with Crippen molar-refractivity contribution in [2.45, 2.75) is 32.7 Å². The van der Waals surface area contributed by atoms with Gasteiger partial charge in [0, 0.05) is 12.7 Å². The average Bonchev–Trinajstić information content (AvgIpc) is 2.36. The van der Waals surface area contributed by atoms with Gasteiger partial charge in [0.2, 0.25) is 5.95 Å². The average molecular weight is 303 g/mol. The highest BCUT2D eigenvalue weighted by Gasteiger charge is 2.09. The molecule has 0 fully saturated rings. The molecule has 0 amide bonds. The number of halogens is 1. The second-order valence-electron chi connectivity index (χ2n) is 3.75. The highest BCUT2D eigenvalue weighted by atomic mass is 79.9. The summed E-state index contributed by atoms with van der Waals surface area (Å²) in [6, 6.07) is 0.0141. The number of rotatable bonds is 7. The second-order valence-corrected chi connectivity index (χ2v) is 4.60. The van der Waals surface area contributed by atoms with Gasteiger partial charge in [0.25, 0.3) is 0 Å². The fourth-order valence-corrected chi connectivity index (χ4v) is 1.57. The highest BCUT2D eigenvalue weighted by molar-refractivity contribution is 9.10. The van der Waals surface area contributed by atoms with Gasteiger partial charge in [0.15, 0.2) is 0 Å². The Morgan fingerprint density at radius 2 is 2.24 bits per heavy atom. The van der Waals surface area contributed by atoms with Crippen LogP contribution in [0, 0.1) is 0 Å². The van der Waals surface area contributed by atoms with Crippen LogP contribution >= 0.6 is 15.9 Å². The van der Waals surface area contributed by atoms with Crippen molar-refractivity contribution in [1.29, 1.82) is 0 Å². The molecule has 1 aromatic rings. The lowest BCUT2D eigenvalue weighted by molar-refractivity contribution is 0.271. The fourth-order valence-electron chi connectivity index (χ4n) is 1.26. The molecule has 96 valence electrons. The first-order chi connectivity index (χ1) is 8.21. The summed E-state index contributed by atoms with van der Waals surface area (Å²) in [7, 11) is 0. The lowest BCUT2D eigenvalue weighted by Crippen LogP contribution is -2.23. The maximum absolute atomic E-state index is 9.15. The Labute approximate surface area is 110 Å². The molecule has 1 heterocycles. The summed E-state index contributed by atoms with van der Waals surface area (Å²) in [6.45, 7) is 5.03. The maximum atomic E-state index is 9.15. The van der Waals surface area contributed by atoms with Crippen LogP contribution in [-0.2, 0) is 0 Å². The van der Waals surface area contributed by atoms with E-state index in [0.29, 0.717) is 11.8 Å². The van der Waals surface area contributed by atoms with Gasteiger partial charge >= 0.3 is 0 Å². The third kappa shape index (κ3) is 4.47. The fraction of sp³-hybridized carbons (Fsp3) is 0.636. The summed E-state index contributed by atoms with van der Waals surface area (Å²) in [6.07, 6.45) is 3.57. The van der Waals surface area contributed by atoms with Crippen LogP contribution in [0.15, 0.2) is 10.7 Å². The zero-order valence-electron chi connectivity index (χ0n) is 10.2. The smallest absolute Gasteiger partial charge is 0.224 e. The molecule has 1 unspecified atom stereocenters. The number of anilines is 2. The van der Waals surface area contributed by atoms with E-state index in [1.54, 1.807) is 6.20 Å². The van der Waals surface area contributed by atoms with Crippen molar-refractivity contribution in [1.82, 2.24) is 9.97 Å². The van der Waals surface area contributed by atoms with Gasteiger partial charge in [-0.1, -0.05) is 13.8 Å². The first-order valence-corrected chi connectivity index (χ1v) is 6.64. The van der Waals surface area contributed by atoms with E-state index in [2.05, 4.69) is 43.5 Å². The van der Waals surface area contributed by atoms with Gasteiger partial charge in [-0.25, -0.2) is 4.98 Å². The minimum Gasteiger partial charge on any atom is -0.394 e. The SMILES string of the molecule is CCCNc1ncc(Br)c(NC(CC)CO)n1. The molecule has 0 aromatic carbocycles. The van der Waals surface area contributed by atoms with Crippen LogP contribution in [0.25, 0.3) is 0 Å². The Kier molecular flexibility index (Phi) is 6.21. The summed E-state index contributed by atoms with van der Waals surface area (Å²) < 4.78 is 0.798. The van der Waals surface area contributed by atoms with E-state index in [-0.39, 0.29) is 12.6 Å². The first kappa shape index (κ1) is 14.2. The van der Waals surface area contributed by atoms with Crippen molar-refractivity contribution < 1.29 is 5.11 Å². The van der Waals surface area contributed by atoms with Crippen molar-refractivity contribution in [2.24, 2.45) is 0 Å². The molecule has 0 aliphatic rings. The van der Waals surface area contributed by atoms with E-state index in [0.717, 1.165) is 23.9 Å². The van der Waals surface area contributed by atoms with E-state index < -0.39 is 0 Å². The van der Waals surface area contributed by atoms with Crippen molar-refractivity contribution in [2.75, 3.05) is 23.8 Å². The number of aliphatic hydroxyl groups excluding tert-OH is 1. The zero-order chi connectivity index (χ0) is 12.7. The van der Waals surface area contributed by atoms with E-state index in [4.69, 9.17) is 5.11 Å². The van der Waals surface area contributed by atoms with E-state index in [1.165, 1.54) is 0 Å². The summed E-state index contributed by atoms with van der Waals surface area (Å²) in [5.41, 5.74) is 0. The lowest BCUT2D eigenvalue weighted by Gasteiger charge is -2.16. The van der Waals surface area contributed by atoms with Crippen LogP contribution in [0.4, 0.5) is 11.8 Å². The van der Waals surface area contributed by atoms with Crippen molar-refractivity contribution in [3.8, 4) is 0 Å². The van der Waals surface area contributed by atoms with Gasteiger partial charge < -0.3 is 15.7 Å². The molecule has 1 aromatic heterocycles. The van der Waals surface area contributed by atoms with E-state index in [1.807, 2.05) is 6.92 Å². The number of nitrogens with zero attached hydrogens (tertiary/aromatic N) is 2. The molecule has 0 bridgehead atoms. The summed E-state index contributed by atoms with van der Waals surface area (Å²) >= 11 is 3.39. The van der Waals surface area contributed by atoms with Crippen LogP contribution in [0.3, 0.4) is 0 Å². The van der Waals surface area contributed by atoms with Gasteiger partial charge in [0.05, 0.1) is 17.1 Å². The van der Waals surface area contributed by atoms with Crippen LogP contribution < -0.4 is 10.6 Å². The van der Waals surface area contributed by atoms with Gasteiger partial charge in [-0.3, -0.25) is 0 Å². The van der Waals surface area contributed by atoms with E-state index in [9.17, 15) is 0 Å². The van der Waals surface area contributed by atoms with Gasteiger partial charge in [0.1, 0.15) is 5.82 Å². The first-order valence-electron chi connectivity index (χ1n) is 5.85. The molecule has 1 atom stereocenters. The minimum atomic E-state index is 0.0141. The monoisotopic (exact) mass is 302 g/mol. The van der Waals surface area contributed by atoms with E-state index >= 15 is 0 Å². The van der Waals surface area contributed by atoms with Crippen molar-refractivity contribution in [3.63, 3.8) is 0 Å². The number of hydrogen-bond donors (Lipinski definition) is 3. The molecule has 0 saturated carbocycles. The zero-order valence-corrected chi connectivity index (χ0v) is 11.8. The number of hydrogen-bond acceptors (Lipinski definition) is 5. The Bertz CT molecular complexity index is 344. The molecule has 0 radical (unpaired) electrons. The van der Waals surface area contributed by atoms with Crippen molar-refractivity contribution >= 4 is 27.7 Å². The molecule has 0 spiro atoms.